The highest BCUT2D eigenvalue weighted by Gasteiger charge is 2.50. The summed E-state index contributed by atoms with van der Waals surface area (Å²) in [6.07, 6.45) is 7.02. The Kier molecular flexibility index (Phi) is 10.8. The molecule has 1 aliphatic rings. The molecular formula is C22H49NO2Si2. The van der Waals surface area contributed by atoms with Gasteiger partial charge in [0.25, 0.3) is 0 Å². The van der Waals surface area contributed by atoms with E-state index in [-0.39, 0.29) is 0 Å². The second kappa shape index (κ2) is 11.5. The van der Waals surface area contributed by atoms with Crippen LogP contribution >= 0.6 is 0 Å². The summed E-state index contributed by atoms with van der Waals surface area (Å²) in [5, 5.41) is 0. The maximum atomic E-state index is 6.21. The van der Waals surface area contributed by atoms with Crippen molar-refractivity contribution in [3.63, 3.8) is 0 Å². The van der Waals surface area contributed by atoms with Crippen LogP contribution in [0.3, 0.4) is 0 Å². The van der Waals surface area contributed by atoms with E-state index < -0.39 is 16.8 Å². The van der Waals surface area contributed by atoms with E-state index in [1.54, 1.807) is 0 Å². The van der Waals surface area contributed by atoms with E-state index in [2.05, 4.69) is 66.5 Å². The third kappa shape index (κ3) is 6.14. The quantitative estimate of drug-likeness (QED) is 0.322. The molecule has 0 aliphatic heterocycles. The van der Waals surface area contributed by atoms with Crippen LogP contribution in [0.25, 0.3) is 0 Å². The molecule has 1 aliphatic carbocycles. The minimum Gasteiger partial charge on any atom is -0.395 e. The van der Waals surface area contributed by atoms with Crippen molar-refractivity contribution in [3.8, 4) is 0 Å². The number of hydrogen-bond acceptors (Lipinski definition) is 3. The summed E-state index contributed by atoms with van der Waals surface area (Å²) in [6, 6.07) is 1.88. The van der Waals surface area contributed by atoms with E-state index in [4.69, 9.17) is 8.85 Å². The summed E-state index contributed by atoms with van der Waals surface area (Å²) in [7, 11) is -3.72. The Labute approximate surface area is 172 Å². The summed E-state index contributed by atoms with van der Waals surface area (Å²) in [4.78, 5) is 0. The van der Waals surface area contributed by atoms with Crippen LogP contribution in [-0.4, -0.2) is 47.2 Å². The van der Waals surface area contributed by atoms with Gasteiger partial charge in [-0.3, -0.25) is 0 Å². The largest absolute Gasteiger partial charge is 0.395 e. The highest BCUT2D eigenvalue weighted by Crippen LogP contribution is 2.46. The van der Waals surface area contributed by atoms with Crippen LogP contribution in [0, 0.1) is 0 Å². The zero-order valence-electron chi connectivity index (χ0n) is 19.9. The standard InChI is InChI=1S/C22H49NO2Si2/c1-10-24-26(9,25-11-2)18-17-23(22-15-13-12-14-16-22)27(19(3)4,20(5)6)21(7)8/h19-22H,10-18H2,1-9H3. The molecule has 0 aromatic rings. The van der Waals surface area contributed by atoms with Gasteiger partial charge in [0.05, 0.1) is 0 Å². The van der Waals surface area contributed by atoms with Crippen molar-refractivity contribution < 1.29 is 8.85 Å². The Bertz CT molecular complexity index is 381. The van der Waals surface area contributed by atoms with Crippen LogP contribution in [0.2, 0.25) is 29.2 Å². The fraction of sp³-hybridized carbons (Fsp3) is 1.00. The molecule has 0 saturated heterocycles. The van der Waals surface area contributed by atoms with Crippen molar-refractivity contribution >= 4 is 16.8 Å². The minimum atomic E-state index is -2.08. The molecule has 1 rings (SSSR count). The summed E-state index contributed by atoms with van der Waals surface area (Å²) in [6.45, 7) is 24.2. The maximum absolute atomic E-state index is 6.21. The van der Waals surface area contributed by atoms with Gasteiger partial charge < -0.3 is 13.4 Å². The highest BCUT2D eigenvalue weighted by molar-refractivity contribution is 6.81. The van der Waals surface area contributed by atoms with Crippen molar-refractivity contribution in [2.45, 2.75) is 123 Å². The van der Waals surface area contributed by atoms with Crippen molar-refractivity contribution in [2.75, 3.05) is 19.8 Å². The highest BCUT2D eigenvalue weighted by atomic mass is 28.4. The maximum Gasteiger partial charge on any atom is 0.336 e. The van der Waals surface area contributed by atoms with E-state index in [0.29, 0.717) is 0 Å². The van der Waals surface area contributed by atoms with E-state index >= 15 is 0 Å². The molecule has 0 heterocycles. The van der Waals surface area contributed by atoms with Crippen LogP contribution in [-0.2, 0) is 8.85 Å². The topological polar surface area (TPSA) is 21.7 Å². The molecule has 1 saturated carbocycles. The molecule has 162 valence electrons. The molecule has 0 aromatic heterocycles. The molecule has 0 N–H and O–H groups in total. The number of rotatable bonds is 12. The molecule has 0 atom stereocenters. The van der Waals surface area contributed by atoms with Crippen LogP contribution in [0.1, 0.15) is 87.5 Å². The molecule has 27 heavy (non-hydrogen) atoms. The smallest absolute Gasteiger partial charge is 0.336 e. The Morgan fingerprint density at radius 2 is 1.26 bits per heavy atom. The molecule has 0 spiro atoms. The van der Waals surface area contributed by atoms with Gasteiger partial charge in [-0.2, -0.15) is 0 Å². The summed E-state index contributed by atoms with van der Waals surface area (Å²) < 4.78 is 15.5. The first-order chi connectivity index (χ1) is 12.7. The lowest BCUT2D eigenvalue weighted by molar-refractivity contribution is 0.179. The molecule has 0 aromatic carbocycles. The second-order valence-corrected chi connectivity index (χ2v) is 18.7. The molecule has 0 radical (unpaired) electrons. The first kappa shape index (κ1) is 25.4. The molecule has 0 bridgehead atoms. The number of hydrogen-bond donors (Lipinski definition) is 0. The zero-order chi connectivity index (χ0) is 20.7. The van der Waals surface area contributed by atoms with Gasteiger partial charge in [-0.05, 0) is 56.4 Å². The van der Waals surface area contributed by atoms with Crippen molar-refractivity contribution in [2.24, 2.45) is 0 Å². The normalized spacial score (nSPS) is 17.7. The van der Waals surface area contributed by atoms with E-state index in [1.165, 1.54) is 38.6 Å². The Hall–Kier alpha value is 0.314. The van der Waals surface area contributed by atoms with Crippen LogP contribution < -0.4 is 0 Å². The average molecular weight is 416 g/mol. The monoisotopic (exact) mass is 415 g/mol. The van der Waals surface area contributed by atoms with Crippen molar-refractivity contribution in [1.82, 2.24) is 4.57 Å². The fourth-order valence-corrected chi connectivity index (χ4v) is 16.0. The fourth-order valence-electron chi connectivity index (χ4n) is 6.20. The SMILES string of the molecule is CCO[Si](C)(CCN(C1CCCCC1)[Si](C(C)C)(C(C)C)C(C)C)OCC. The third-order valence-electron chi connectivity index (χ3n) is 6.99. The van der Waals surface area contributed by atoms with Gasteiger partial charge in [-0.1, -0.05) is 60.8 Å². The van der Waals surface area contributed by atoms with E-state index in [0.717, 1.165) is 41.9 Å². The van der Waals surface area contributed by atoms with E-state index in [9.17, 15) is 0 Å². The summed E-state index contributed by atoms with van der Waals surface area (Å²) in [5.41, 5.74) is 2.31. The van der Waals surface area contributed by atoms with Gasteiger partial charge in [0.15, 0.2) is 0 Å². The zero-order valence-corrected chi connectivity index (χ0v) is 21.9. The van der Waals surface area contributed by atoms with Gasteiger partial charge in [0.2, 0.25) is 0 Å². The summed E-state index contributed by atoms with van der Waals surface area (Å²) >= 11 is 0. The van der Waals surface area contributed by atoms with Gasteiger partial charge in [-0.15, -0.1) is 0 Å². The van der Waals surface area contributed by atoms with Crippen LogP contribution in [0.15, 0.2) is 0 Å². The predicted octanol–water partition coefficient (Wildman–Crippen LogP) is 6.94. The van der Waals surface area contributed by atoms with Crippen LogP contribution in [0.5, 0.6) is 0 Å². The lowest BCUT2D eigenvalue weighted by Crippen LogP contribution is -2.64. The first-order valence-electron chi connectivity index (χ1n) is 11.7. The Balaban J connectivity index is 3.21. The first-order valence-corrected chi connectivity index (χ1v) is 16.4. The van der Waals surface area contributed by atoms with Gasteiger partial charge >= 0.3 is 8.56 Å². The lowest BCUT2D eigenvalue weighted by Gasteiger charge is -2.55. The Morgan fingerprint density at radius 1 is 0.815 bits per heavy atom. The molecule has 1 fully saturated rings. The predicted molar refractivity (Wildman–Crippen MR) is 124 cm³/mol. The van der Waals surface area contributed by atoms with Gasteiger partial charge in [0.1, 0.15) is 8.24 Å². The Morgan fingerprint density at radius 3 is 1.63 bits per heavy atom. The molecule has 0 unspecified atom stereocenters. The van der Waals surface area contributed by atoms with E-state index in [1.807, 2.05) is 0 Å². The van der Waals surface area contributed by atoms with Gasteiger partial charge in [-0.25, -0.2) is 0 Å². The minimum absolute atomic E-state index is 0.770. The molecule has 3 nitrogen and oxygen atoms in total. The van der Waals surface area contributed by atoms with Crippen LogP contribution in [0.4, 0.5) is 0 Å². The average Bonchev–Trinajstić information content (AvgIpc) is 2.58. The van der Waals surface area contributed by atoms with Gasteiger partial charge in [0, 0.05) is 25.3 Å². The molecule has 5 heteroatoms. The lowest BCUT2D eigenvalue weighted by atomic mass is 9.95. The number of nitrogens with zero attached hydrogens (tertiary/aromatic N) is 1. The van der Waals surface area contributed by atoms with Crippen molar-refractivity contribution in [3.05, 3.63) is 0 Å². The molecule has 0 amide bonds. The summed E-state index contributed by atoms with van der Waals surface area (Å²) in [5.74, 6) is 0. The third-order valence-corrected chi connectivity index (χ3v) is 17.1. The second-order valence-electron chi connectivity index (χ2n) is 9.59. The van der Waals surface area contributed by atoms with Crippen molar-refractivity contribution in [1.29, 1.82) is 0 Å². The molecular weight excluding hydrogens is 366 g/mol.